The Balaban J connectivity index is 2.74. The summed E-state index contributed by atoms with van der Waals surface area (Å²) in [6.07, 6.45) is 2.09. The van der Waals surface area contributed by atoms with E-state index in [-0.39, 0.29) is 5.84 Å². The number of methoxy groups -OCH3 is 1. The second-order valence-electron chi connectivity index (χ2n) is 3.63. The van der Waals surface area contributed by atoms with Crippen molar-refractivity contribution in [2.45, 2.75) is 6.42 Å². The van der Waals surface area contributed by atoms with Crippen LogP contribution in [0, 0.1) is 0 Å². The van der Waals surface area contributed by atoms with Crippen LogP contribution in [0.2, 0.25) is 5.02 Å². The zero-order chi connectivity index (χ0) is 13.4. The fourth-order valence-corrected chi connectivity index (χ4v) is 1.68. The van der Waals surface area contributed by atoms with Crippen LogP contribution in [-0.2, 0) is 4.74 Å². The molecule has 0 radical (unpaired) electrons. The van der Waals surface area contributed by atoms with Gasteiger partial charge in [-0.15, -0.1) is 0 Å². The van der Waals surface area contributed by atoms with Gasteiger partial charge < -0.3 is 20.6 Å². The number of rotatable bonds is 7. The fraction of sp³-hybridized carbons (Fsp3) is 0.455. The molecular formula is C11H17ClN4O2. The van der Waals surface area contributed by atoms with Crippen molar-refractivity contribution in [1.29, 1.82) is 0 Å². The predicted molar refractivity (Wildman–Crippen MR) is 71.4 cm³/mol. The molecule has 0 aliphatic heterocycles. The van der Waals surface area contributed by atoms with Crippen molar-refractivity contribution in [1.82, 2.24) is 4.98 Å². The molecule has 0 spiro atoms. The molecule has 0 bridgehead atoms. The molecule has 0 unspecified atom stereocenters. The molecule has 0 aliphatic rings. The Morgan fingerprint density at radius 3 is 3.00 bits per heavy atom. The lowest BCUT2D eigenvalue weighted by Gasteiger charge is -2.23. The number of hydrogen-bond donors (Lipinski definition) is 2. The molecule has 0 saturated carbocycles. The van der Waals surface area contributed by atoms with Gasteiger partial charge in [0.05, 0.1) is 11.6 Å². The summed E-state index contributed by atoms with van der Waals surface area (Å²) >= 11 is 6.09. The molecule has 0 aromatic carbocycles. The van der Waals surface area contributed by atoms with E-state index in [1.165, 1.54) is 0 Å². The zero-order valence-corrected chi connectivity index (χ0v) is 11.0. The van der Waals surface area contributed by atoms with Gasteiger partial charge in [-0.3, -0.25) is 0 Å². The fourth-order valence-electron chi connectivity index (χ4n) is 1.43. The van der Waals surface area contributed by atoms with Gasteiger partial charge in [0, 0.05) is 32.8 Å². The normalized spacial score (nSPS) is 11.6. The van der Waals surface area contributed by atoms with Gasteiger partial charge in [-0.2, -0.15) is 0 Å². The smallest absolute Gasteiger partial charge is 0.147 e. The maximum absolute atomic E-state index is 8.53. The third-order valence-corrected chi connectivity index (χ3v) is 2.67. The van der Waals surface area contributed by atoms with E-state index in [9.17, 15) is 0 Å². The molecular weight excluding hydrogens is 256 g/mol. The molecule has 0 fully saturated rings. The first-order valence-electron chi connectivity index (χ1n) is 5.49. The minimum Gasteiger partial charge on any atom is -0.409 e. The molecule has 100 valence electrons. The van der Waals surface area contributed by atoms with E-state index in [4.69, 9.17) is 27.3 Å². The van der Waals surface area contributed by atoms with E-state index >= 15 is 0 Å². The van der Waals surface area contributed by atoms with Gasteiger partial charge >= 0.3 is 0 Å². The number of nitrogens with two attached hydrogens (primary N) is 1. The Bertz CT molecular complexity index is 400. The Hall–Kier alpha value is -1.53. The Morgan fingerprint density at radius 1 is 1.61 bits per heavy atom. The largest absolute Gasteiger partial charge is 0.409 e. The molecule has 0 atom stereocenters. The lowest BCUT2D eigenvalue weighted by atomic mass is 10.3. The molecule has 7 heteroatoms. The van der Waals surface area contributed by atoms with Crippen molar-refractivity contribution in [2.75, 3.05) is 31.7 Å². The first-order valence-corrected chi connectivity index (χ1v) is 5.87. The topological polar surface area (TPSA) is 84.0 Å². The first kappa shape index (κ1) is 14.5. The van der Waals surface area contributed by atoms with Gasteiger partial charge in [-0.1, -0.05) is 16.8 Å². The number of pyridine rings is 1. The van der Waals surface area contributed by atoms with Crippen LogP contribution in [0.5, 0.6) is 0 Å². The molecule has 1 heterocycles. The van der Waals surface area contributed by atoms with Crippen molar-refractivity contribution in [2.24, 2.45) is 10.9 Å². The number of amidine groups is 1. The van der Waals surface area contributed by atoms with Crippen LogP contribution in [0.15, 0.2) is 23.5 Å². The highest BCUT2D eigenvalue weighted by atomic mass is 35.5. The number of hydrogen-bond acceptors (Lipinski definition) is 5. The van der Waals surface area contributed by atoms with E-state index in [0.29, 0.717) is 37.0 Å². The van der Waals surface area contributed by atoms with Crippen molar-refractivity contribution in [3.63, 3.8) is 0 Å². The molecule has 0 saturated heterocycles. The summed E-state index contributed by atoms with van der Waals surface area (Å²) in [5.74, 6) is 0.839. The van der Waals surface area contributed by atoms with Crippen molar-refractivity contribution in [3.8, 4) is 0 Å². The zero-order valence-electron chi connectivity index (χ0n) is 10.2. The third kappa shape index (κ3) is 4.38. The Morgan fingerprint density at radius 2 is 2.39 bits per heavy atom. The molecule has 0 amide bonds. The minimum absolute atomic E-state index is 0.171. The van der Waals surface area contributed by atoms with E-state index in [1.54, 1.807) is 25.4 Å². The average Bonchev–Trinajstić information content (AvgIpc) is 2.39. The summed E-state index contributed by atoms with van der Waals surface area (Å²) in [4.78, 5) is 6.16. The van der Waals surface area contributed by atoms with Crippen LogP contribution in [-0.4, -0.2) is 42.8 Å². The highest BCUT2D eigenvalue weighted by Crippen LogP contribution is 2.22. The van der Waals surface area contributed by atoms with Gasteiger partial charge in [0.1, 0.15) is 11.7 Å². The van der Waals surface area contributed by atoms with Crippen LogP contribution in [0.25, 0.3) is 0 Å². The van der Waals surface area contributed by atoms with Crippen LogP contribution in [0.3, 0.4) is 0 Å². The van der Waals surface area contributed by atoms with Crippen molar-refractivity contribution < 1.29 is 9.94 Å². The number of ether oxygens (including phenoxy) is 1. The lowest BCUT2D eigenvalue weighted by Crippen LogP contribution is -2.32. The Kier molecular flexibility index (Phi) is 6.24. The van der Waals surface area contributed by atoms with E-state index in [2.05, 4.69) is 10.1 Å². The van der Waals surface area contributed by atoms with E-state index < -0.39 is 0 Å². The summed E-state index contributed by atoms with van der Waals surface area (Å²) in [5.41, 5.74) is 5.45. The highest BCUT2D eigenvalue weighted by Gasteiger charge is 2.11. The molecule has 1 rings (SSSR count). The van der Waals surface area contributed by atoms with Gasteiger partial charge in [-0.25, -0.2) is 4.98 Å². The molecule has 1 aromatic rings. The summed E-state index contributed by atoms with van der Waals surface area (Å²) in [6, 6.07) is 3.54. The number of anilines is 1. The second kappa shape index (κ2) is 7.73. The molecule has 3 N–H and O–H groups in total. The molecule has 1 aromatic heterocycles. The maximum atomic E-state index is 8.53. The van der Waals surface area contributed by atoms with E-state index in [0.717, 1.165) is 0 Å². The first-order chi connectivity index (χ1) is 8.69. The van der Waals surface area contributed by atoms with Gasteiger partial charge in [0.15, 0.2) is 0 Å². The summed E-state index contributed by atoms with van der Waals surface area (Å²) in [6.45, 7) is 1.73. The van der Waals surface area contributed by atoms with Gasteiger partial charge in [0.2, 0.25) is 0 Å². The number of nitrogens with zero attached hydrogens (tertiary/aromatic N) is 3. The number of halogens is 1. The summed E-state index contributed by atoms with van der Waals surface area (Å²) in [5, 5.41) is 12.0. The highest BCUT2D eigenvalue weighted by molar-refractivity contribution is 6.32. The molecule has 6 nitrogen and oxygen atoms in total. The van der Waals surface area contributed by atoms with Crippen molar-refractivity contribution in [3.05, 3.63) is 23.4 Å². The molecule has 18 heavy (non-hydrogen) atoms. The third-order valence-electron chi connectivity index (χ3n) is 2.37. The quantitative estimate of drug-likeness (QED) is 0.339. The number of oxime groups is 1. The van der Waals surface area contributed by atoms with Crippen LogP contribution >= 0.6 is 11.6 Å². The maximum Gasteiger partial charge on any atom is 0.147 e. The SMILES string of the molecule is COCCN(CC/C(N)=N/O)c1ncccc1Cl. The monoisotopic (exact) mass is 272 g/mol. The van der Waals surface area contributed by atoms with Crippen LogP contribution in [0.4, 0.5) is 5.82 Å². The van der Waals surface area contributed by atoms with Gasteiger partial charge in [0.25, 0.3) is 0 Å². The predicted octanol–water partition coefficient (Wildman–Crippen LogP) is 1.32. The minimum atomic E-state index is 0.171. The van der Waals surface area contributed by atoms with Crippen molar-refractivity contribution >= 4 is 23.3 Å². The van der Waals surface area contributed by atoms with E-state index in [1.807, 2.05) is 4.90 Å². The lowest BCUT2D eigenvalue weighted by molar-refractivity contribution is 0.205. The summed E-state index contributed by atoms with van der Waals surface area (Å²) < 4.78 is 5.04. The van der Waals surface area contributed by atoms with Gasteiger partial charge in [-0.05, 0) is 12.1 Å². The van der Waals surface area contributed by atoms with Crippen LogP contribution in [0.1, 0.15) is 6.42 Å². The average molecular weight is 273 g/mol. The summed E-state index contributed by atoms with van der Waals surface area (Å²) in [7, 11) is 1.63. The molecule has 0 aliphatic carbocycles. The standard InChI is InChI=1S/C11H17ClN4O2/c1-18-8-7-16(6-4-10(13)15-17)11-9(12)3-2-5-14-11/h2-3,5,17H,4,6-8H2,1H3,(H2,13,15). The van der Waals surface area contributed by atoms with Crippen LogP contribution < -0.4 is 10.6 Å². The second-order valence-corrected chi connectivity index (χ2v) is 4.04. The number of aromatic nitrogens is 1. The Labute approximate surface area is 111 Å².